The van der Waals surface area contributed by atoms with Crippen molar-refractivity contribution in [3.63, 3.8) is 0 Å². The number of aromatic nitrogens is 1. The van der Waals surface area contributed by atoms with Gasteiger partial charge in [-0.25, -0.2) is 17.8 Å². The first-order valence-corrected chi connectivity index (χ1v) is 10.5. The van der Waals surface area contributed by atoms with Crippen molar-refractivity contribution in [2.75, 3.05) is 6.26 Å². The van der Waals surface area contributed by atoms with Crippen molar-refractivity contribution >= 4 is 25.8 Å². The van der Waals surface area contributed by atoms with E-state index >= 15 is 0 Å². The highest BCUT2D eigenvalue weighted by atomic mass is 79.9. The molecule has 3 nitrogen and oxygen atoms in total. The molecule has 0 radical (unpaired) electrons. The van der Waals surface area contributed by atoms with Gasteiger partial charge in [0.05, 0.1) is 4.90 Å². The maximum atomic E-state index is 13.5. The first-order valence-electron chi connectivity index (χ1n) is 7.81. The maximum Gasteiger partial charge on any atom is 0.434 e. The molecule has 3 rings (SSSR count). The predicted molar refractivity (Wildman–Crippen MR) is 101 cm³/mol. The second-order valence-electron chi connectivity index (χ2n) is 6.01. The van der Waals surface area contributed by atoms with Gasteiger partial charge in [0.1, 0.15) is 10.4 Å². The standard InChI is InChI=1S/C19H12BrF4NO2S/c1-28(26,27)13-6-7-14(16(10-13)11-2-4-12(21)5-3-11)15-8-9-17(20)25-18(15)19(22,23)24/h2-10H,1H3. The van der Waals surface area contributed by atoms with Gasteiger partial charge in [0.15, 0.2) is 15.5 Å². The predicted octanol–water partition coefficient (Wildman–Crippen LogP) is 5.74. The quantitative estimate of drug-likeness (QED) is 0.360. The van der Waals surface area contributed by atoms with Gasteiger partial charge in [-0.1, -0.05) is 18.2 Å². The molecule has 2 aromatic carbocycles. The second kappa shape index (κ2) is 7.29. The summed E-state index contributed by atoms with van der Waals surface area (Å²) < 4.78 is 77.8. The second-order valence-corrected chi connectivity index (χ2v) is 8.84. The molecule has 0 aliphatic carbocycles. The Morgan fingerprint density at radius 1 is 0.893 bits per heavy atom. The lowest BCUT2D eigenvalue weighted by Crippen LogP contribution is -2.11. The van der Waals surface area contributed by atoms with Gasteiger partial charge in [-0.3, -0.25) is 0 Å². The zero-order valence-electron chi connectivity index (χ0n) is 14.3. The van der Waals surface area contributed by atoms with Crippen molar-refractivity contribution in [2.24, 2.45) is 0 Å². The molecule has 0 saturated heterocycles. The van der Waals surface area contributed by atoms with Crippen molar-refractivity contribution in [2.45, 2.75) is 11.1 Å². The summed E-state index contributed by atoms with van der Waals surface area (Å²) in [6, 6.07) is 11.5. The number of hydrogen-bond acceptors (Lipinski definition) is 3. The first kappa shape index (κ1) is 20.5. The Kier molecular flexibility index (Phi) is 5.33. The smallest absolute Gasteiger partial charge is 0.236 e. The fourth-order valence-electron chi connectivity index (χ4n) is 2.73. The number of alkyl halides is 3. The van der Waals surface area contributed by atoms with Crippen LogP contribution in [0, 0.1) is 5.82 Å². The molecule has 0 unspecified atom stereocenters. The van der Waals surface area contributed by atoms with Crippen molar-refractivity contribution < 1.29 is 26.0 Å². The van der Waals surface area contributed by atoms with Crippen LogP contribution in [0.3, 0.4) is 0 Å². The molecule has 1 aromatic heterocycles. The highest BCUT2D eigenvalue weighted by Crippen LogP contribution is 2.41. The summed E-state index contributed by atoms with van der Waals surface area (Å²) in [5, 5.41) is 0. The Labute approximate surface area is 167 Å². The SMILES string of the molecule is CS(=O)(=O)c1ccc(-c2ccc(Br)nc2C(F)(F)F)c(-c2ccc(F)cc2)c1. The van der Waals surface area contributed by atoms with Gasteiger partial charge in [-0.2, -0.15) is 13.2 Å². The van der Waals surface area contributed by atoms with E-state index in [2.05, 4.69) is 20.9 Å². The molecule has 0 fully saturated rings. The molecule has 0 N–H and O–H groups in total. The summed E-state index contributed by atoms with van der Waals surface area (Å²) in [6.07, 6.45) is -3.73. The minimum atomic E-state index is -4.73. The fourth-order valence-corrected chi connectivity index (χ4v) is 3.68. The third-order valence-corrected chi connectivity index (χ3v) is 5.55. The van der Waals surface area contributed by atoms with Gasteiger partial charge in [-0.15, -0.1) is 0 Å². The van der Waals surface area contributed by atoms with Gasteiger partial charge < -0.3 is 0 Å². The van der Waals surface area contributed by atoms with E-state index < -0.39 is 27.5 Å². The van der Waals surface area contributed by atoms with E-state index in [1.54, 1.807) is 0 Å². The van der Waals surface area contributed by atoms with Gasteiger partial charge in [0, 0.05) is 11.8 Å². The summed E-state index contributed by atoms with van der Waals surface area (Å²) in [7, 11) is -3.61. The highest BCUT2D eigenvalue weighted by Gasteiger charge is 2.36. The number of sulfone groups is 1. The highest BCUT2D eigenvalue weighted by molar-refractivity contribution is 9.10. The largest absolute Gasteiger partial charge is 0.434 e. The van der Waals surface area contributed by atoms with Crippen LogP contribution >= 0.6 is 15.9 Å². The lowest BCUT2D eigenvalue weighted by Gasteiger charge is -2.16. The van der Waals surface area contributed by atoms with Gasteiger partial charge in [-0.05, 0) is 69.0 Å². The molecule has 0 aliphatic heterocycles. The van der Waals surface area contributed by atoms with E-state index in [1.807, 2.05) is 0 Å². The molecule has 0 amide bonds. The van der Waals surface area contributed by atoms with Crippen molar-refractivity contribution in [1.29, 1.82) is 0 Å². The van der Waals surface area contributed by atoms with Crippen LogP contribution in [0.4, 0.5) is 17.6 Å². The summed E-state index contributed by atoms with van der Waals surface area (Å²) >= 11 is 2.94. The molecule has 9 heteroatoms. The third kappa shape index (κ3) is 4.25. The number of halogens is 5. The van der Waals surface area contributed by atoms with Crippen molar-refractivity contribution in [3.05, 3.63) is 70.7 Å². The summed E-state index contributed by atoms with van der Waals surface area (Å²) in [5.41, 5.74) is -0.603. The molecule has 0 saturated carbocycles. The van der Waals surface area contributed by atoms with Crippen LogP contribution in [0.15, 0.2) is 64.1 Å². The summed E-state index contributed by atoms with van der Waals surface area (Å²) in [6.45, 7) is 0. The average Bonchev–Trinajstić information content (AvgIpc) is 2.60. The van der Waals surface area contributed by atoms with E-state index in [0.717, 1.165) is 18.4 Å². The maximum absolute atomic E-state index is 13.5. The molecule has 0 atom stereocenters. The normalized spacial score (nSPS) is 12.2. The minimum Gasteiger partial charge on any atom is -0.236 e. The van der Waals surface area contributed by atoms with Crippen molar-refractivity contribution in [3.8, 4) is 22.3 Å². The third-order valence-electron chi connectivity index (χ3n) is 3.99. The molecule has 3 aromatic rings. The summed E-state index contributed by atoms with van der Waals surface area (Å²) in [4.78, 5) is 3.49. The molecule has 1 heterocycles. The molecule has 146 valence electrons. The Balaban J connectivity index is 2.35. The molecular weight excluding hydrogens is 462 g/mol. The number of benzene rings is 2. The zero-order valence-corrected chi connectivity index (χ0v) is 16.7. The van der Waals surface area contributed by atoms with Crippen LogP contribution < -0.4 is 0 Å². The Morgan fingerprint density at radius 3 is 2.07 bits per heavy atom. The Bertz CT molecular complexity index is 1140. The van der Waals surface area contributed by atoms with Crippen LogP contribution in [-0.2, 0) is 16.0 Å². The number of nitrogens with zero attached hydrogens (tertiary/aromatic N) is 1. The lowest BCUT2D eigenvalue weighted by atomic mass is 9.93. The van der Waals surface area contributed by atoms with Crippen LogP contribution in [-0.4, -0.2) is 19.7 Å². The molecule has 0 bridgehead atoms. The zero-order chi connectivity index (χ0) is 20.7. The fraction of sp³-hybridized carbons (Fsp3) is 0.105. The Morgan fingerprint density at radius 2 is 1.50 bits per heavy atom. The van der Waals surface area contributed by atoms with Gasteiger partial charge in [0.25, 0.3) is 0 Å². The first-order chi connectivity index (χ1) is 13.0. The number of pyridine rings is 1. The molecule has 0 aliphatic rings. The van der Waals surface area contributed by atoms with E-state index in [4.69, 9.17) is 0 Å². The number of hydrogen-bond donors (Lipinski definition) is 0. The number of rotatable bonds is 3. The van der Waals surface area contributed by atoms with Gasteiger partial charge in [0.2, 0.25) is 0 Å². The van der Waals surface area contributed by atoms with Crippen LogP contribution in [0.25, 0.3) is 22.3 Å². The van der Waals surface area contributed by atoms with Gasteiger partial charge >= 0.3 is 6.18 Å². The van der Waals surface area contributed by atoms with Crippen LogP contribution in [0.2, 0.25) is 0 Å². The van der Waals surface area contributed by atoms with E-state index in [0.29, 0.717) is 5.56 Å². The monoisotopic (exact) mass is 473 g/mol. The molecule has 28 heavy (non-hydrogen) atoms. The minimum absolute atomic E-state index is 0.0136. The molecule has 0 spiro atoms. The van der Waals surface area contributed by atoms with Crippen LogP contribution in [0.1, 0.15) is 5.69 Å². The molecular formula is C19H12BrF4NO2S. The van der Waals surface area contributed by atoms with E-state index in [9.17, 15) is 26.0 Å². The summed E-state index contributed by atoms with van der Waals surface area (Å²) in [5.74, 6) is -0.522. The van der Waals surface area contributed by atoms with E-state index in [-0.39, 0.29) is 26.2 Å². The topological polar surface area (TPSA) is 47.0 Å². The Hall–Kier alpha value is -2.26. The lowest BCUT2D eigenvalue weighted by molar-refractivity contribution is -0.140. The van der Waals surface area contributed by atoms with Crippen LogP contribution in [0.5, 0.6) is 0 Å². The van der Waals surface area contributed by atoms with E-state index in [1.165, 1.54) is 42.5 Å². The van der Waals surface area contributed by atoms with Crippen molar-refractivity contribution in [1.82, 2.24) is 4.98 Å². The average molecular weight is 474 g/mol.